The van der Waals surface area contributed by atoms with Crippen LogP contribution in [0.15, 0.2) is 60.7 Å². The Kier molecular flexibility index (Phi) is 9.60. The summed E-state index contributed by atoms with van der Waals surface area (Å²) in [6, 6.07) is 21.0. The molecule has 0 bridgehead atoms. The molecule has 0 aromatic heterocycles. The second-order valence-corrected chi connectivity index (χ2v) is 8.15. The summed E-state index contributed by atoms with van der Waals surface area (Å²) < 4.78 is 5.14. The molecule has 0 aliphatic heterocycles. The van der Waals surface area contributed by atoms with Gasteiger partial charge < -0.3 is 4.74 Å². The normalized spacial score (nSPS) is 11.9. The molecule has 0 N–H and O–H groups in total. The maximum atomic E-state index is 11.9. The minimum Gasteiger partial charge on any atom is -0.466 e. The molecule has 0 radical (unpaired) electrons. The van der Waals surface area contributed by atoms with Crippen molar-refractivity contribution in [1.82, 2.24) is 0 Å². The van der Waals surface area contributed by atoms with E-state index in [-0.39, 0.29) is 5.97 Å². The van der Waals surface area contributed by atoms with E-state index in [0.29, 0.717) is 18.3 Å². The van der Waals surface area contributed by atoms with Gasteiger partial charge in [-0.05, 0) is 30.2 Å². The number of rotatable bonds is 11. The zero-order chi connectivity index (χ0) is 17.7. The van der Waals surface area contributed by atoms with Crippen LogP contribution in [0.5, 0.6) is 0 Å². The number of ether oxygens (including phenoxy) is 1. The van der Waals surface area contributed by atoms with Gasteiger partial charge in [0.05, 0.1) is 13.0 Å². The van der Waals surface area contributed by atoms with Crippen LogP contribution in [-0.4, -0.2) is 23.6 Å². The van der Waals surface area contributed by atoms with E-state index < -0.39 is 0 Å². The van der Waals surface area contributed by atoms with Crippen molar-refractivity contribution in [3.63, 3.8) is 0 Å². The summed E-state index contributed by atoms with van der Waals surface area (Å²) in [6.07, 6.45) is 1.52. The lowest BCUT2D eigenvalue weighted by Gasteiger charge is -2.16. The van der Waals surface area contributed by atoms with Gasteiger partial charge in [0, 0.05) is 16.8 Å². The van der Waals surface area contributed by atoms with Gasteiger partial charge in [-0.25, -0.2) is 0 Å². The van der Waals surface area contributed by atoms with Crippen molar-refractivity contribution in [3.05, 3.63) is 71.8 Å². The van der Waals surface area contributed by atoms with E-state index in [0.717, 1.165) is 23.7 Å². The SMILES string of the molecule is CCOC(=O)C[C@H](CCSCc1ccccc1)SCc1ccccc1. The molecule has 0 amide bonds. The van der Waals surface area contributed by atoms with Crippen molar-refractivity contribution < 1.29 is 9.53 Å². The van der Waals surface area contributed by atoms with Gasteiger partial charge >= 0.3 is 5.97 Å². The average molecular weight is 375 g/mol. The van der Waals surface area contributed by atoms with Gasteiger partial charge in [0.15, 0.2) is 0 Å². The van der Waals surface area contributed by atoms with Gasteiger partial charge in [0.2, 0.25) is 0 Å². The molecule has 0 saturated heterocycles. The molecule has 0 fully saturated rings. The fraction of sp³-hybridized carbons (Fsp3) is 0.381. The summed E-state index contributed by atoms with van der Waals surface area (Å²) in [5.74, 6) is 2.94. The molecular formula is C21H26O2S2. The Hall–Kier alpha value is -1.39. The molecule has 2 rings (SSSR count). The molecule has 2 aromatic carbocycles. The van der Waals surface area contributed by atoms with Crippen LogP contribution in [0.2, 0.25) is 0 Å². The molecule has 134 valence electrons. The van der Waals surface area contributed by atoms with Gasteiger partial charge in [0.1, 0.15) is 0 Å². The predicted molar refractivity (Wildman–Crippen MR) is 110 cm³/mol. The lowest BCUT2D eigenvalue weighted by Crippen LogP contribution is -2.14. The number of thioether (sulfide) groups is 2. The smallest absolute Gasteiger partial charge is 0.306 e. The Balaban J connectivity index is 1.77. The van der Waals surface area contributed by atoms with Gasteiger partial charge in [-0.2, -0.15) is 23.5 Å². The molecule has 1 atom stereocenters. The topological polar surface area (TPSA) is 26.3 Å². The van der Waals surface area contributed by atoms with Crippen molar-refractivity contribution in [2.75, 3.05) is 12.4 Å². The summed E-state index contributed by atoms with van der Waals surface area (Å²) >= 11 is 3.79. The number of hydrogen-bond acceptors (Lipinski definition) is 4. The third kappa shape index (κ3) is 8.50. The Morgan fingerprint density at radius 3 is 2.16 bits per heavy atom. The van der Waals surface area contributed by atoms with Crippen LogP contribution in [0, 0.1) is 0 Å². The Labute approximate surface area is 159 Å². The summed E-state index contributed by atoms with van der Waals surface area (Å²) in [5.41, 5.74) is 2.66. The highest BCUT2D eigenvalue weighted by atomic mass is 32.2. The summed E-state index contributed by atoms with van der Waals surface area (Å²) in [5, 5.41) is 0.308. The molecule has 0 spiro atoms. The van der Waals surface area contributed by atoms with Crippen LogP contribution < -0.4 is 0 Å². The first-order valence-corrected chi connectivity index (χ1v) is 10.9. The first-order valence-electron chi connectivity index (χ1n) is 8.70. The fourth-order valence-electron chi connectivity index (χ4n) is 2.42. The van der Waals surface area contributed by atoms with Crippen LogP contribution >= 0.6 is 23.5 Å². The minimum absolute atomic E-state index is 0.0823. The first-order chi connectivity index (χ1) is 12.3. The van der Waals surface area contributed by atoms with E-state index in [9.17, 15) is 4.79 Å². The quantitative estimate of drug-likeness (QED) is 0.380. The predicted octanol–water partition coefficient (Wildman–Crippen LogP) is 5.57. The van der Waals surface area contributed by atoms with E-state index in [1.54, 1.807) is 0 Å². The highest BCUT2D eigenvalue weighted by Crippen LogP contribution is 2.26. The standard InChI is InChI=1S/C21H26O2S2/c1-2-23-21(22)15-20(25-17-19-11-7-4-8-12-19)13-14-24-16-18-9-5-3-6-10-18/h3-12,20H,2,13-17H2,1H3/t20-/m0/s1. The molecule has 0 aliphatic rings. The number of hydrogen-bond donors (Lipinski definition) is 0. The van der Waals surface area contributed by atoms with Crippen molar-refractivity contribution in [1.29, 1.82) is 0 Å². The lowest BCUT2D eigenvalue weighted by atomic mass is 10.2. The average Bonchev–Trinajstić information content (AvgIpc) is 2.65. The first kappa shape index (κ1) is 19.9. The summed E-state index contributed by atoms with van der Waals surface area (Å²) in [6.45, 7) is 2.32. The van der Waals surface area contributed by atoms with Gasteiger partial charge in [-0.1, -0.05) is 60.7 Å². The molecular weight excluding hydrogens is 348 g/mol. The third-order valence-corrected chi connectivity index (χ3v) is 6.16. The van der Waals surface area contributed by atoms with Crippen LogP contribution in [0.3, 0.4) is 0 Å². The van der Waals surface area contributed by atoms with Crippen LogP contribution in [0.1, 0.15) is 30.9 Å². The number of benzene rings is 2. The van der Waals surface area contributed by atoms with E-state index >= 15 is 0 Å². The maximum absolute atomic E-state index is 11.9. The monoisotopic (exact) mass is 374 g/mol. The molecule has 2 aromatic rings. The lowest BCUT2D eigenvalue weighted by molar-refractivity contribution is -0.143. The molecule has 0 aliphatic carbocycles. The van der Waals surface area contributed by atoms with Crippen LogP contribution in [0.4, 0.5) is 0 Å². The molecule has 4 heteroatoms. The summed E-state index contributed by atoms with van der Waals surface area (Å²) in [7, 11) is 0. The highest BCUT2D eigenvalue weighted by molar-refractivity contribution is 7.99. The minimum atomic E-state index is -0.0823. The number of esters is 1. The largest absolute Gasteiger partial charge is 0.466 e. The van der Waals surface area contributed by atoms with E-state index in [4.69, 9.17) is 4.74 Å². The van der Waals surface area contributed by atoms with E-state index in [2.05, 4.69) is 48.5 Å². The van der Waals surface area contributed by atoms with Gasteiger partial charge in [-0.3, -0.25) is 4.79 Å². The molecule has 25 heavy (non-hydrogen) atoms. The Morgan fingerprint density at radius 1 is 0.960 bits per heavy atom. The van der Waals surface area contributed by atoms with E-state index in [1.165, 1.54) is 11.1 Å². The zero-order valence-corrected chi connectivity index (χ0v) is 16.4. The van der Waals surface area contributed by atoms with Crippen molar-refractivity contribution in [3.8, 4) is 0 Å². The van der Waals surface area contributed by atoms with E-state index in [1.807, 2.05) is 42.6 Å². The van der Waals surface area contributed by atoms with Gasteiger partial charge in [0.25, 0.3) is 0 Å². The Morgan fingerprint density at radius 2 is 1.56 bits per heavy atom. The van der Waals surface area contributed by atoms with Crippen LogP contribution in [0.25, 0.3) is 0 Å². The molecule has 0 saturated carbocycles. The number of carbonyl (C=O) groups excluding carboxylic acids is 1. The van der Waals surface area contributed by atoms with Gasteiger partial charge in [-0.15, -0.1) is 0 Å². The Bertz CT molecular complexity index is 602. The van der Waals surface area contributed by atoms with Crippen LogP contribution in [-0.2, 0) is 21.0 Å². The van der Waals surface area contributed by atoms with Crippen molar-refractivity contribution in [2.45, 2.75) is 36.5 Å². The third-order valence-electron chi connectivity index (χ3n) is 3.72. The maximum Gasteiger partial charge on any atom is 0.306 e. The molecule has 2 nitrogen and oxygen atoms in total. The second kappa shape index (κ2) is 12.0. The summed E-state index contributed by atoms with van der Waals surface area (Å²) in [4.78, 5) is 11.9. The van der Waals surface area contributed by atoms with Crippen molar-refractivity contribution >= 4 is 29.5 Å². The molecule has 0 unspecified atom stereocenters. The molecule has 0 heterocycles. The zero-order valence-electron chi connectivity index (χ0n) is 14.7. The second-order valence-electron chi connectivity index (χ2n) is 5.75. The fourth-order valence-corrected chi connectivity index (χ4v) is 4.75. The highest BCUT2D eigenvalue weighted by Gasteiger charge is 2.15. The van der Waals surface area contributed by atoms with Crippen molar-refractivity contribution in [2.24, 2.45) is 0 Å². The number of carbonyl (C=O) groups is 1.